The Balaban J connectivity index is 3.33. The zero-order chi connectivity index (χ0) is 30.6. The van der Waals surface area contributed by atoms with Gasteiger partial charge in [0.2, 0.25) is 0 Å². The molecule has 0 N–H and O–H groups in total. The molecule has 2 heteroatoms. The van der Waals surface area contributed by atoms with Crippen LogP contribution in [0.15, 0.2) is 11.6 Å². The van der Waals surface area contributed by atoms with Crippen molar-refractivity contribution in [3.8, 4) is 0 Å². The van der Waals surface area contributed by atoms with Crippen LogP contribution < -0.4 is 0 Å². The van der Waals surface area contributed by atoms with Crippen LogP contribution in [0.1, 0.15) is 233 Å². The smallest absolute Gasteiger partial charge is 0.333 e. The van der Waals surface area contributed by atoms with Gasteiger partial charge in [-0.2, -0.15) is 0 Å². The van der Waals surface area contributed by atoms with Crippen LogP contribution in [0.5, 0.6) is 0 Å². The van der Waals surface area contributed by atoms with Crippen LogP contribution in [0.4, 0.5) is 0 Å². The summed E-state index contributed by atoms with van der Waals surface area (Å²) in [4.78, 5) is 12.2. The lowest BCUT2D eigenvalue weighted by atomic mass is 10.0. The second-order valence-electron chi connectivity index (χ2n) is 13.4. The Labute approximate surface area is 266 Å². The minimum atomic E-state index is -0.104. The quantitative estimate of drug-likeness (QED) is 0.0417. The van der Waals surface area contributed by atoms with E-state index in [0.29, 0.717) is 6.61 Å². The van der Waals surface area contributed by atoms with E-state index in [1.165, 1.54) is 199 Å². The molecule has 0 aromatic rings. The lowest BCUT2D eigenvalue weighted by Crippen LogP contribution is -2.07. The number of hydrogen-bond acceptors (Lipinski definition) is 2. The van der Waals surface area contributed by atoms with Gasteiger partial charge in [0.05, 0.1) is 6.61 Å². The molecule has 0 rings (SSSR count). The van der Waals surface area contributed by atoms with Crippen molar-refractivity contribution in [2.24, 2.45) is 0 Å². The third kappa shape index (κ3) is 33.7. The normalized spacial score (nSPS) is 11.8. The molecule has 0 unspecified atom stereocenters. The zero-order valence-electron chi connectivity index (χ0n) is 29.4. The van der Waals surface area contributed by atoms with E-state index in [2.05, 4.69) is 19.9 Å². The highest BCUT2D eigenvalue weighted by Gasteiger charge is 2.05. The summed E-state index contributed by atoms with van der Waals surface area (Å²) < 4.78 is 5.50. The molecule has 0 saturated heterocycles. The molecule has 0 aliphatic carbocycles. The monoisotopic (exact) mass is 591 g/mol. The Morgan fingerprint density at radius 3 is 0.976 bits per heavy atom. The Morgan fingerprint density at radius 1 is 0.405 bits per heavy atom. The van der Waals surface area contributed by atoms with Crippen LogP contribution in [-0.4, -0.2) is 12.6 Å². The molecule has 0 aromatic carbocycles. The SMILES string of the molecule is CCCCCCCCCCCCCCCCCC/C=C(\C)C(=O)OCCCCCCCCCCCCCCCCCC. The van der Waals surface area contributed by atoms with Gasteiger partial charge in [-0.1, -0.05) is 213 Å². The van der Waals surface area contributed by atoms with Crippen LogP contribution in [0.3, 0.4) is 0 Å². The number of hydrogen-bond donors (Lipinski definition) is 0. The van der Waals surface area contributed by atoms with E-state index in [4.69, 9.17) is 4.74 Å². The van der Waals surface area contributed by atoms with E-state index < -0.39 is 0 Å². The molecular formula is C40H78O2. The fourth-order valence-corrected chi connectivity index (χ4v) is 6.02. The lowest BCUT2D eigenvalue weighted by Gasteiger charge is -2.06. The zero-order valence-corrected chi connectivity index (χ0v) is 29.4. The van der Waals surface area contributed by atoms with Crippen LogP contribution in [0.25, 0.3) is 0 Å². The number of allylic oxidation sites excluding steroid dienone is 1. The van der Waals surface area contributed by atoms with E-state index in [0.717, 1.165) is 18.4 Å². The molecule has 42 heavy (non-hydrogen) atoms. The van der Waals surface area contributed by atoms with Crippen molar-refractivity contribution in [3.63, 3.8) is 0 Å². The third-order valence-electron chi connectivity index (χ3n) is 9.06. The van der Waals surface area contributed by atoms with Crippen molar-refractivity contribution >= 4 is 5.97 Å². The van der Waals surface area contributed by atoms with Crippen molar-refractivity contribution in [1.82, 2.24) is 0 Å². The first-order valence-corrected chi connectivity index (χ1v) is 19.6. The first kappa shape index (κ1) is 41.2. The summed E-state index contributed by atoms with van der Waals surface area (Å²) in [6.07, 6.45) is 47.3. The van der Waals surface area contributed by atoms with E-state index in [1.807, 2.05) is 6.92 Å². The summed E-state index contributed by atoms with van der Waals surface area (Å²) in [5.41, 5.74) is 0.799. The van der Waals surface area contributed by atoms with Gasteiger partial charge < -0.3 is 4.74 Å². The van der Waals surface area contributed by atoms with Gasteiger partial charge in [0.25, 0.3) is 0 Å². The molecule has 0 aromatic heterocycles. The Bertz CT molecular complexity index is 552. The molecule has 0 aliphatic rings. The molecule has 0 fully saturated rings. The fraction of sp³-hybridized carbons (Fsp3) is 0.925. The average molecular weight is 591 g/mol. The van der Waals surface area contributed by atoms with E-state index in [9.17, 15) is 4.79 Å². The van der Waals surface area contributed by atoms with Gasteiger partial charge in [-0.05, 0) is 26.2 Å². The minimum Gasteiger partial charge on any atom is -0.462 e. The van der Waals surface area contributed by atoms with E-state index in [1.54, 1.807) is 0 Å². The van der Waals surface area contributed by atoms with Gasteiger partial charge in [0, 0.05) is 5.57 Å². The van der Waals surface area contributed by atoms with Gasteiger partial charge in [-0.15, -0.1) is 0 Å². The van der Waals surface area contributed by atoms with Crippen molar-refractivity contribution in [2.75, 3.05) is 6.61 Å². The highest BCUT2D eigenvalue weighted by atomic mass is 16.5. The Hall–Kier alpha value is -0.790. The molecule has 0 atom stereocenters. The second kappa shape index (κ2) is 36.4. The molecule has 0 bridgehead atoms. The highest BCUT2D eigenvalue weighted by Crippen LogP contribution is 2.16. The molecule has 2 nitrogen and oxygen atoms in total. The summed E-state index contributed by atoms with van der Waals surface area (Å²) >= 11 is 0. The predicted molar refractivity (Wildman–Crippen MR) is 188 cm³/mol. The van der Waals surface area contributed by atoms with Crippen LogP contribution in [0.2, 0.25) is 0 Å². The van der Waals surface area contributed by atoms with E-state index in [-0.39, 0.29) is 5.97 Å². The Morgan fingerprint density at radius 2 is 0.667 bits per heavy atom. The molecule has 0 aliphatic heterocycles. The number of unbranched alkanes of at least 4 members (excludes halogenated alkanes) is 31. The van der Waals surface area contributed by atoms with Crippen LogP contribution >= 0.6 is 0 Å². The summed E-state index contributed by atoms with van der Waals surface area (Å²) in [6, 6.07) is 0. The van der Waals surface area contributed by atoms with Crippen molar-refractivity contribution < 1.29 is 9.53 Å². The Kier molecular flexibility index (Phi) is 35.7. The number of carbonyl (C=O) groups is 1. The number of rotatable bonds is 35. The average Bonchev–Trinajstić information content (AvgIpc) is 3.00. The summed E-state index contributed by atoms with van der Waals surface area (Å²) in [5, 5.41) is 0. The van der Waals surface area contributed by atoms with Crippen LogP contribution in [0, 0.1) is 0 Å². The fourth-order valence-electron chi connectivity index (χ4n) is 6.02. The standard InChI is InChI=1S/C40H78O2/c1-4-6-8-10-12-14-16-18-20-22-23-25-27-29-31-33-35-37-39(3)40(41)42-38-36-34-32-30-28-26-24-21-19-17-15-13-11-9-7-5-2/h37H,4-36,38H2,1-3H3/b39-37+. The van der Waals surface area contributed by atoms with Crippen molar-refractivity contribution in [3.05, 3.63) is 11.6 Å². The topological polar surface area (TPSA) is 26.3 Å². The van der Waals surface area contributed by atoms with Crippen molar-refractivity contribution in [1.29, 1.82) is 0 Å². The van der Waals surface area contributed by atoms with Crippen LogP contribution in [-0.2, 0) is 9.53 Å². The maximum atomic E-state index is 12.2. The largest absolute Gasteiger partial charge is 0.462 e. The lowest BCUT2D eigenvalue weighted by molar-refractivity contribution is -0.139. The molecule has 0 heterocycles. The highest BCUT2D eigenvalue weighted by molar-refractivity contribution is 5.87. The maximum absolute atomic E-state index is 12.2. The molecule has 0 saturated carbocycles. The van der Waals surface area contributed by atoms with Crippen molar-refractivity contribution in [2.45, 2.75) is 233 Å². The van der Waals surface area contributed by atoms with Gasteiger partial charge in [0.15, 0.2) is 0 Å². The van der Waals surface area contributed by atoms with Gasteiger partial charge in [-0.25, -0.2) is 4.79 Å². The summed E-state index contributed by atoms with van der Waals surface area (Å²) in [5.74, 6) is -0.104. The first-order chi connectivity index (χ1) is 20.7. The summed E-state index contributed by atoms with van der Waals surface area (Å²) in [7, 11) is 0. The van der Waals surface area contributed by atoms with Gasteiger partial charge >= 0.3 is 5.97 Å². The molecule has 250 valence electrons. The molecule has 0 amide bonds. The van der Waals surface area contributed by atoms with Gasteiger partial charge in [-0.3, -0.25) is 0 Å². The molecular weight excluding hydrogens is 512 g/mol. The molecule has 0 spiro atoms. The van der Waals surface area contributed by atoms with Gasteiger partial charge in [0.1, 0.15) is 0 Å². The number of ether oxygens (including phenoxy) is 1. The second-order valence-corrected chi connectivity index (χ2v) is 13.4. The number of carbonyl (C=O) groups excluding carboxylic acids is 1. The maximum Gasteiger partial charge on any atom is 0.333 e. The third-order valence-corrected chi connectivity index (χ3v) is 9.06. The minimum absolute atomic E-state index is 0.104. The summed E-state index contributed by atoms with van der Waals surface area (Å²) in [6.45, 7) is 7.09. The van der Waals surface area contributed by atoms with E-state index >= 15 is 0 Å². The molecule has 0 radical (unpaired) electrons. The predicted octanol–water partition coefficient (Wildman–Crippen LogP) is 14.4. The number of esters is 1. The first-order valence-electron chi connectivity index (χ1n) is 19.6.